The SMILES string of the molecule is Cc1cn([C@@H]2O[C@H](CO)[C@@H](O)[C@H](O)[C@@H](O)[C@@]2(C)O)c2nc(N)[nH]c(=O)c12.Cc1cn([C@@H]2O[C@H](CO)[C@@H](O)[C@H](O)[C@@H](O)[C@@]2(C)O)c2nc(N)nc(Cl)c12.Cc1cn([C@@H]2O[C@H](COCc3ccccc3)[C@@H](OCc3ccccc3)[C@H](OCc3ccccc3)[C@@H](OCc3ccccc3)[C@@]2(C)O)c2nc(N)nc(Cl)c12. The Balaban J connectivity index is 0.000000179. The minimum atomic E-state index is -2.10. The van der Waals surface area contributed by atoms with E-state index in [2.05, 4.69) is 29.9 Å². The zero-order valence-electron chi connectivity index (χ0n) is 58.6. The lowest BCUT2D eigenvalue weighted by Crippen LogP contribution is -2.56. The average Bonchev–Trinajstić information content (AvgIpc) is 1.59. The van der Waals surface area contributed by atoms with Gasteiger partial charge >= 0.3 is 0 Å². The summed E-state index contributed by atoms with van der Waals surface area (Å²) in [6.45, 7) is 9.20. The molecule has 6 aromatic heterocycles. The summed E-state index contributed by atoms with van der Waals surface area (Å²) in [5.41, 5.74) is 17.5. The minimum absolute atomic E-state index is 0.00659. The lowest BCUT2D eigenvalue weighted by Gasteiger charge is -2.40. The highest BCUT2D eigenvalue weighted by Gasteiger charge is 2.57. The molecule has 18 N–H and O–H groups in total. The van der Waals surface area contributed by atoms with Crippen LogP contribution in [0, 0.1) is 20.8 Å². The predicted molar refractivity (Wildman–Crippen MR) is 388 cm³/mol. The number of halogens is 2. The lowest BCUT2D eigenvalue weighted by atomic mass is 9.89. The van der Waals surface area contributed by atoms with Crippen molar-refractivity contribution in [3.05, 3.63) is 200 Å². The third-order valence-electron chi connectivity index (χ3n) is 19.2. The van der Waals surface area contributed by atoms with Crippen molar-refractivity contribution in [1.29, 1.82) is 0 Å². The standard InChI is InChI=1S/C43H45ClN4O6.C15H21ClN4O6.C15H22N4O7/c1-29-23-48(40-35(29)39(44)46-42(45)47-40)41-43(2,49)38(53-27-33-21-13-6-14-22-33)37(52-26-32-19-11-5-12-20-32)36(51-25-31-17-9-4-10-18-31)34(54-41)28-50-24-30-15-7-3-8-16-30;1-5-3-20(12-7(5)11(16)18-14(17)19-12)13-15(2,25)10(24)9(23)8(22)6(4-21)26-13;1-5-3-19(11-7(5)12(24)18-14(16)17-11)13-15(2,25)10(23)9(22)8(21)6(4-20)26-13/h3-23,34,36-38,41,49H,24-28H2,1-2H3,(H2,45,46,47);3,6,8-10,13,21-25H,4H2,1-2H3,(H2,17,18,19);3,6,8-10,13,20-23,25H,4H2,1-2H3,(H3,16,17,18,24)/t34-,36-,37+,38-,41-,43-;2*6-,8-,9+,10-,13-,15-/m111/s1. The molecule has 0 amide bonds. The van der Waals surface area contributed by atoms with Crippen LogP contribution >= 0.6 is 23.2 Å². The first-order valence-electron chi connectivity index (χ1n) is 34.0. The number of nitrogens with zero attached hydrogens (tertiary/aromatic N) is 8. The van der Waals surface area contributed by atoms with Crippen LogP contribution in [0.25, 0.3) is 33.1 Å². The van der Waals surface area contributed by atoms with Crippen molar-refractivity contribution in [3.8, 4) is 0 Å². The fraction of sp³-hybridized carbons (Fsp3) is 0.425. The number of benzene rings is 4. The van der Waals surface area contributed by atoms with Crippen molar-refractivity contribution in [2.75, 3.05) is 37.0 Å². The van der Waals surface area contributed by atoms with E-state index >= 15 is 0 Å². The van der Waals surface area contributed by atoms with Gasteiger partial charge < -0.3 is 120 Å². The molecule has 106 heavy (non-hydrogen) atoms. The number of nitrogens with one attached hydrogen (secondary N) is 1. The fourth-order valence-corrected chi connectivity index (χ4v) is 14.2. The summed E-state index contributed by atoms with van der Waals surface area (Å²) in [5, 5.41) is 116. The number of ether oxygens (including phenoxy) is 7. The van der Waals surface area contributed by atoms with Gasteiger partial charge in [-0.2, -0.15) is 15.0 Å². The van der Waals surface area contributed by atoms with Gasteiger partial charge in [-0.05, 0) is 80.5 Å². The Kier molecular flexibility index (Phi) is 24.6. The zero-order chi connectivity index (χ0) is 76.3. The Morgan fingerprint density at radius 3 is 1.23 bits per heavy atom. The lowest BCUT2D eigenvalue weighted by molar-refractivity contribution is -0.219. The van der Waals surface area contributed by atoms with Gasteiger partial charge in [-0.3, -0.25) is 9.78 Å². The van der Waals surface area contributed by atoms with E-state index in [1.54, 1.807) is 31.5 Å². The third kappa shape index (κ3) is 16.4. The topological polar surface area (TPSA) is 477 Å². The van der Waals surface area contributed by atoms with Crippen molar-refractivity contribution in [3.63, 3.8) is 0 Å². The number of anilines is 3. The number of fused-ring (bicyclic) bond motifs is 3. The van der Waals surface area contributed by atoms with Gasteiger partial charge in [0, 0.05) is 18.6 Å². The monoisotopic (exact) mass is 1510 g/mol. The molecule has 9 heterocycles. The molecule has 3 aliphatic rings. The van der Waals surface area contributed by atoms with Crippen molar-refractivity contribution in [2.24, 2.45) is 0 Å². The summed E-state index contributed by atoms with van der Waals surface area (Å²) >= 11 is 12.8. The molecule has 4 aromatic carbocycles. The van der Waals surface area contributed by atoms with E-state index in [9.17, 15) is 61.0 Å². The van der Waals surface area contributed by atoms with E-state index in [1.807, 2.05) is 134 Å². The molecule has 33 heteroatoms. The van der Waals surface area contributed by atoms with E-state index in [1.165, 1.54) is 29.2 Å². The van der Waals surface area contributed by atoms with Crippen LogP contribution in [0.1, 0.15) is 78.4 Å². The van der Waals surface area contributed by atoms with E-state index in [4.69, 9.17) is 73.6 Å². The number of aliphatic hydroxyl groups excluding tert-OH is 8. The summed E-state index contributed by atoms with van der Waals surface area (Å²) in [6.07, 6.45) is -15.2. The van der Waals surface area contributed by atoms with Crippen molar-refractivity contribution >= 4 is 74.1 Å². The number of rotatable bonds is 18. The average molecular weight is 1510 g/mol. The van der Waals surface area contributed by atoms with E-state index in [-0.39, 0.29) is 71.3 Å². The van der Waals surface area contributed by atoms with Gasteiger partial charge in [0.2, 0.25) is 17.8 Å². The number of aliphatic hydroxyl groups is 11. The molecule has 568 valence electrons. The predicted octanol–water partition coefficient (Wildman–Crippen LogP) is 3.63. The number of aromatic amines is 1. The Bertz CT molecular complexity index is 4660. The molecule has 10 aromatic rings. The summed E-state index contributed by atoms with van der Waals surface area (Å²) in [5.74, 6) is -0.267. The molecule has 0 spiro atoms. The van der Waals surface area contributed by atoms with Crippen LogP contribution in [0.2, 0.25) is 10.3 Å². The van der Waals surface area contributed by atoms with Crippen LogP contribution in [0.3, 0.4) is 0 Å². The summed E-state index contributed by atoms with van der Waals surface area (Å²) in [6, 6.07) is 39.5. The molecule has 0 bridgehead atoms. The maximum Gasteiger partial charge on any atom is 0.262 e. The van der Waals surface area contributed by atoms with Gasteiger partial charge in [-0.1, -0.05) is 145 Å². The van der Waals surface area contributed by atoms with E-state index in [0.29, 0.717) is 34.2 Å². The second kappa shape index (κ2) is 33.1. The molecule has 3 saturated heterocycles. The molecule has 3 aliphatic heterocycles. The Morgan fingerprint density at radius 2 is 0.821 bits per heavy atom. The molecule has 13 rings (SSSR count). The quantitative estimate of drug-likeness (QED) is 0.0545. The number of H-pyrrole nitrogens is 1. The van der Waals surface area contributed by atoms with Crippen LogP contribution in [-0.4, -0.2) is 210 Å². The normalized spacial score (nSPS) is 29.2. The number of nitrogen functional groups attached to an aromatic ring is 3. The molecular weight excluding hydrogens is 1420 g/mol. The van der Waals surface area contributed by atoms with Crippen molar-refractivity contribution < 1.29 is 89.3 Å². The highest BCUT2D eigenvalue weighted by Crippen LogP contribution is 2.45. The van der Waals surface area contributed by atoms with Gasteiger partial charge in [0.1, 0.15) is 112 Å². The first-order valence-corrected chi connectivity index (χ1v) is 34.7. The molecule has 0 unspecified atom stereocenters. The molecule has 0 radical (unpaired) electrons. The molecule has 3 fully saturated rings. The van der Waals surface area contributed by atoms with Gasteiger partial charge in [0.05, 0.1) is 62.4 Å². The van der Waals surface area contributed by atoms with E-state index < -0.39 is 128 Å². The minimum Gasteiger partial charge on any atom is -0.394 e. The molecule has 31 nitrogen and oxygen atoms in total. The Morgan fingerprint density at radius 1 is 0.472 bits per heavy atom. The van der Waals surface area contributed by atoms with Crippen molar-refractivity contribution in [2.45, 2.75) is 177 Å². The maximum absolute atomic E-state index is 13.0. The van der Waals surface area contributed by atoms with Crippen LogP contribution in [-0.2, 0) is 59.6 Å². The van der Waals surface area contributed by atoms with Gasteiger partial charge in [-0.15, -0.1) is 0 Å². The van der Waals surface area contributed by atoms with Crippen LogP contribution in [0.4, 0.5) is 17.8 Å². The molecule has 0 aliphatic carbocycles. The molecule has 18 atom stereocenters. The smallest absolute Gasteiger partial charge is 0.262 e. The number of aryl methyl sites for hydroxylation is 3. The third-order valence-corrected chi connectivity index (χ3v) is 19.7. The Labute approximate surface area is 617 Å². The summed E-state index contributed by atoms with van der Waals surface area (Å²) < 4.78 is 49.7. The van der Waals surface area contributed by atoms with Gasteiger partial charge in [0.25, 0.3) is 5.56 Å². The van der Waals surface area contributed by atoms with Crippen LogP contribution < -0.4 is 22.8 Å². The van der Waals surface area contributed by atoms with E-state index in [0.717, 1.165) is 27.8 Å². The highest BCUT2D eigenvalue weighted by molar-refractivity contribution is 6.34. The second-order valence-electron chi connectivity index (χ2n) is 27.2. The van der Waals surface area contributed by atoms with Crippen LogP contribution in [0.5, 0.6) is 0 Å². The van der Waals surface area contributed by atoms with Crippen molar-refractivity contribution in [1.82, 2.24) is 43.6 Å². The van der Waals surface area contributed by atoms with Gasteiger partial charge in [-0.25, -0.2) is 9.97 Å². The number of hydrogen-bond donors (Lipinski definition) is 15. The zero-order valence-corrected chi connectivity index (χ0v) is 60.2. The molecular formula is C73H88Cl2N12O19. The summed E-state index contributed by atoms with van der Waals surface area (Å²) in [7, 11) is 0. The maximum atomic E-state index is 13.0. The number of nitrogens with two attached hydrogens (primary N) is 3. The second-order valence-corrected chi connectivity index (χ2v) is 27.9. The molecule has 0 saturated carbocycles. The Hall–Kier alpha value is -8.20. The number of hydrogen-bond acceptors (Lipinski definition) is 27. The highest BCUT2D eigenvalue weighted by atomic mass is 35.5. The largest absolute Gasteiger partial charge is 0.394 e. The first-order chi connectivity index (χ1) is 50.5. The van der Waals surface area contributed by atoms with Gasteiger partial charge in [0.15, 0.2) is 24.3 Å². The summed E-state index contributed by atoms with van der Waals surface area (Å²) in [4.78, 5) is 35.4. The fourth-order valence-electron chi connectivity index (χ4n) is 13.6. The number of aromatic nitrogens is 9. The first kappa shape index (κ1) is 78.9. The van der Waals surface area contributed by atoms with Crippen LogP contribution in [0.15, 0.2) is 145 Å².